The van der Waals surface area contributed by atoms with Gasteiger partial charge in [-0.2, -0.15) is 0 Å². The second kappa shape index (κ2) is 8.18. The van der Waals surface area contributed by atoms with Crippen LogP contribution < -0.4 is 10.1 Å². The summed E-state index contributed by atoms with van der Waals surface area (Å²) in [5.41, 5.74) is 1.40. The molecule has 3 rings (SSSR count). The van der Waals surface area contributed by atoms with Gasteiger partial charge >= 0.3 is 0 Å². The highest BCUT2D eigenvalue weighted by Crippen LogP contribution is 2.21. The Morgan fingerprint density at radius 2 is 2.00 bits per heavy atom. The van der Waals surface area contributed by atoms with Gasteiger partial charge in [0, 0.05) is 18.2 Å². The molecule has 0 radical (unpaired) electrons. The Kier molecular flexibility index (Phi) is 5.72. The van der Waals surface area contributed by atoms with Crippen molar-refractivity contribution in [1.29, 1.82) is 0 Å². The zero-order chi connectivity index (χ0) is 16.8. The molecule has 0 aromatic heterocycles. The van der Waals surface area contributed by atoms with E-state index in [1.165, 1.54) is 0 Å². The first kappa shape index (κ1) is 16.8. The molecule has 24 heavy (non-hydrogen) atoms. The van der Waals surface area contributed by atoms with Gasteiger partial charge in [0.1, 0.15) is 12.4 Å². The van der Waals surface area contributed by atoms with Gasteiger partial charge in [-0.25, -0.2) is 0 Å². The number of hydrogen-bond acceptors (Lipinski definition) is 3. The molecule has 5 heteroatoms. The van der Waals surface area contributed by atoms with Gasteiger partial charge in [0.15, 0.2) is 0 Å². The molecule has 0 spiro atoms. The standard InChI is InChI=1S/C19H20ClNO3/c20-17-9-3-1-6-14(17)12-21-19(22)16-8-2-4-10-18(16)24-13-15-7-5-11-23-15/h1-4,6,8-10,15H,5,7,11-13H2,(H,21,22)/t15-/m0/s1. The third-order valence-corrected chi connectivity index (χ3v) is 4.35. The maximum atomic E-state index is 12.5. The van der Waals surface area contributed by atoms with Crippen LogP contribution in [0.1, 0.15) is 28.8 Å². The Morgan fingerprint density at radius 3 is 2.79 bits per heavy atom. The van der Waals surface area contributed by atoms with Crippen molar-refractivity contribution in [1.82, 2.24) is 5.32 Å². The van der Waals surface area contributed by atoms with E-state index in [0.717, 1.165) is 25.0 Å². The minimum Gasteiger partial charge on any atom is -0.490 e. The molecule has 0 saturated carbocycles. The molecule has 1 saturated heterocycles. The van der Waals surface area contributed by atoms with Crippen LogP contribution in [-0.2, 0) is 11.3 Å². The topological polar surface area (TPSA) is 47.6 Å². The number of carbonyl (C=O) groups excluding carboxylic acids is 1. The Labute approximate surface area is 146 Å². The van der Waals surface area contributed by atoms with Crippen LogP contribution >= 0.6 is 11.6 Å². The van der Waals surface area contributed by atoms with E-state index < -0.39 is 0 Å². The molecule has 1 fully saturated rings. The van der Waals surface area contributed by atoms with Crippen LogP contribution in [0.15, 0.2) is 48.5 Å². The monoisotopic (exact) mass is 345 g/mol. The van der Waals surface area contributed by atoms with Gasteiger partial charge in [-0.3, -0.25) is 4.79 Å². The SMILES string of the molecule is O=C(NCc1ccccc1Cl)c1ccccc1OC[C@@H]1CCCO1. The summed E-state index contributed by atoms with van der Waals surface area (Å²) < 4.78 is 11.4. The molecule has 1 heterocycles. The van der Waals surface area contributed by atoms with E-state index in [0.29, 0.717) is 29.5 Å². The van der Waals surface area contributed by atoms with Crippen LogP contribution in [0.3, 0.4) is 0 Å². The number of amides is 1. The van der Waals surface area contributed by atoms with E-state index in [1.54, 1.807) is 12.1 Å². The average Bonchev–Trinajstić information content (AvgIpc) is 3.13. The molecule has 1 N–H and O–H groups in total. The Hall–Kier alpha value is -2.04. The maximum Gasteiger partial charge on any atom is 0.255 e. The number of benzene rings is 2. The van der Waals surface area contributed by atoms with Crippen molar-refractivity contribution in [3.8, 4) is 5.75 Å². The molecule has 4 nitrogen and oxygen atoms in total. The fraction of sp³-hybridized carbons (Fsp3) is 0.316. The molecule has 1 aliphatic heterocycles. The van der Waals surface area contributed by atoms with Gasteiger partial charge in [-0.05, 0) is 36.6 Å². The molecule has 2 aromatic rings. The first-order valence-electron chi connectivity index (χ1n) is 8.09. The molecule has 1 amide bonds. The summed E-state index contributed by atoms with van der Waals surface area (Å²) in [5.74, 6) is 0.391. The molecule has 126 valence electrons. The normalized spacial score (nSPS) is 16.8. The van der Waals surface area contributed by atoms with Crippen LogP contribution in [-0.4, -0.2) is 25.2 Å². The molecule has 1 atom stereocenters. The van der Waals surface area contributed by atoms with Crippen molar-refractivity contribution in [3.05, 3.63) is 64.7 Å². The summed E-state index contributed by atoms with van der Waals surface area (Å²) >= 11 is 6.12. The second-order valence-electron chi connectivity index (χ2n) is 5.72. The molecule has 0 bridgehead atoms. The molecule has 0 unspecified atom stereocenters. The van der Waals surface area contributed by atoms with Gasteiger partial charge in [0.25, 0.3) is 5.91 Å². The van der Waals surface area contributed by atoms with E-state index in [-0.39, 0.29) is 12.0 Å². The fourth-order valence-corrected chi connectivity index (χ4v) is 2.85. The Morgan fingerprint density at radius 1 is 1.21 bits per heavy atom. The van der Waals surface area contributed by atoms with Crippen molar-refractivity contribution >= 4 is 17.5 Å². The minimum atomic E-state index is -0.183. The van der Waals surface area contributed by atoms with Crippen LogP contribution in [0.25, 0.3) is 0 Å². The van der Waals surface area contributed by atoms with Gasteiger partial charge in [0.2, 0.25) is 0 Å². The summed E-state index contributed by atoms with van der Waals surface area (Å²) in [7, 11) is 0. The summed E-state index contributed by atoms with van der Waals surface area (Å²) in [6, 6.07) is 14.7. The number of nitrogens with one attached hydrogen (secondary N) is 1. The van der Waals surface area contributed by atoms with Crippen molar-refractivity contribution in [2.75, 3.05) is 13.2 Å². The van der Waals surface area contributed by atoms with E-state index in [9.17, 15) is 4.79 Å². The summed E-state index contributed by atoms with van der Waals surface area (Å²) in [6.45, 7) is 1.63. The molecule has 0 aliphatic carbocycles. The molecule has 2 aromatic carbocycles. The lowest BCUT2D eigenvalue weighted by Crippen LogP contribution is -2.24. The fourth-order valence-electron chi connectivity index (χ4n) is 2.65. The van der Waals surface area contributed by atoms with Crippen molar-refractivity contribution in [2.45, 2.75) is 25.5 Å². The van der Waals surface area contributed by atoms with Crippen LogP contribution in [0.2, 0.25) is 5.02 Å². The number of halogens is 1. The van der Waals surface area contributed by atoms with E-state index in [1.807, 2.05) is 36.4 Å². The van der Waals surface area contributed by atoms with Crippen LogP contribution in [0.5, 0.6) is 5.75 Å². The average molecular weight is 346 g/mol. The highest BCUT2D eigenvalue weighted by atomic mass is 35.5. The summed E-state index contributed by atoms with van der Waals surface area (Å²) in [4.78, 5) is 12.5. The highest BCUT2D eigenvalue weighted by molar-refractivity contribution is 6.31. The first-order chi connectivity index (χ1) is 11.7. The van der Waals surface area contributed by atoms with Crippen molar-refractivity contribution in [2.24, 2.45) is 0 Å². The molecular weight excluding hydrogens is 326 g/mol. The van der Waals surface area contributed by atoms with Crippen LogP contribution in [0.4, 0.5) is 0 Å². The van der Waals surface area contributed by atoms with Gasteiger partial charge < -0.3 is 14.8 Å². The van der Waals surface area contributed by atoms with Crippen molar-refractivity contribution < 1.29 is 14.3 Å². The number of para-hydroxylation sites is 1. The van der Waals surface area contributed by atoms with Crippen molar-refractivity contribution in [3.63, 3.8) is 0 Å². The predicted octanol–water partition coefficient (Wildman–Crippen LogP) is 3.83. The summed E-state index contributed by atoms with van der Waals surface area (Å²) in [6.07, 6.45) is 2.18. The smallest absolute Gasteiger partial charge is 0.255 e. The van der Waals surface area contributed by atoms with E-state index in [2.05, 4.69) is 5.32 Å². The van der Waals surface area contributed by atoms with Gasteiger partial charge in [0.05, 0.1) is 11.7 Å². The van der Waals surface area contributed by atoms with Gasteiger partial charge in [-0.15, -0.1) is 0 Å². The third kappa shape index (κ3) is 4.28. The first-order valence-corrected chi connectivity index (χ1v) is 8.47. The predicted molar refractivity (Wildman–Crippen MR) is 93.5 cm³/mol. The minimum absolute atomic E-state index is 0.115. The lowest BCUT2D eigenvalue weighted by molar-refractivity contribution is 0.0670. The lowest BCUT2D eigenvalue weighted by Gasteiger charge is -2.14. The number of rotatable bonds is 6. The van der Waals surface area contributed by atoms with E-state index in [4.69, 9.17) is 21.1 Å². The number of hydrogen-bond donors (Lipinski definition) is 1. The number of carbonyl (C=O) groups is 1. The maximum absolute atomic E-state index is 12.5. The third-order valence-electron chi connectivity index (χ3n) is 3.98. The Balaban J connectivity index is 1.62. The zero-order valence-electron chi connectivity index (χ0n) is 13.3. The Bertz CT molecular complexity index is 699. The quantitative estimate of drug-likeness (QED) is 0.865. The summed E-state index contributed by atoms with van der Waals surface area (Å²) in [5, 5.41) is 3.53. The van der Waals surface area contributed by atoms with Crippen LogP contribution in [0, 0.1) is 0 Å². The molecule has 1 aliphatic rings. The van der Waals surface area contributed by atoms with E-state index >= 15 is 0 Å². The van der Waals surface area contributed by atoms with Gasteiger partial charge in [-0.1, -0.05) is 41.9 Å². The number of ether oxygens (including phenoxy) is 2. The molecular formula is C19H20ClNO3. The zero-order valence-corrected chi connectivity index (χ0v) is 14.1. The second-order valence-corrected chi connectivity index (χ2v) is 6.12. The lowest BCUT2D eigenvalue weighted by atomic mass is 10.1. The highest BCUT2D eigenvalue weighted by Gasteiger charge is 2.18. The largest absolute Gasteiger partial charge is 0.490 e.